The predicted molar refractivity (Wildman–Crippen MR) is 156 cm³/mol. The van der Waals surface area contributed by atoms with E-state index in [1.165, 1.54) is 53.3 Å². The van der Waals surface area contributed by atoms with E-state index in [0.717, 1.165) is 23.5 Å². The number of rotatable bonds is 8. The first kappa shape index (κ1) is 28.3. The van der Waals surface area contributed by atoms with Gasteiger partial charge in [0.25, 0.3) is 21.8 Å². The Hall–Kier alpha value is -3.70. The van der Waals surface area contributed by atoms with E-state index in [2.05, 4.69) is 27.1 Å². The van der Waals surface area contributed by atoms with Gasteiger partial charge in [-0.15, -0.1) is 23.7 Å². The fourth-order valence-electron chi connectivity index (χ4n) is 4.46. The molecule has 1 aliphatic heterocycles. The number of nitrogens with two attached hydrogens (primary N) is 1. The van der Waals surface area contributed by atoms with Crippen molar-refractivity contribution in [3.63, 3.8) is 0 Å². The lowest BCUT2D eigenvalue weighted by Gasteiger charge is -2.27. The molecule has 0 atom stereocenters. The molecule has 0 spiro atoms. The molecule has 4 N–H and O–H groups in total. The smallest absolute Gasteiger partial charge is 0.261 e. The summed E-state index contributed by atoms with van der Waals surface area (Å²) in [4.78, 5) is 28.8. The topological polar surface area (TPSA) is 122 Å². The zero-order valence-electron chi connectivity index (χ0n) is 20.8. The van der Waals surface area contributed by atoms with E-state index < -0.39 is 21.8 Å². The average Bonchev–Trinajstić information content (AvgIpc) is 3.27. The number of benzene rings is 3. The molecular formula is C28H27ClN4O4S2. The number of halogens is 1. The van der Waals surface area contributed by atoms with Gasteiger partial charge in [0.2, 0.25) is 0 Å². The van der Waals surface area contributed by atoms with Crippen molar-refractivity contribution in [1.82, 2.24) is 4.90 Å². The van der Waals surface area contributed by atoms with Crippen molar-refractivity contribution in [2.45, 2.75) is 24.4 Å². The molecule has 1 aliphatic rings. The molecular weight excluding hydrogens is 556 g/mol. The van der Waals surface area contributed by atoms with Crippen LogP contribution >= 0.6 is 23.7 Å². The summed E-state index contributed by atoms with van der Waals surface area (Å²) in [6.45, 7) is 2.25. The van der Waals surface area contributed by atoms with Gasteiger partial charge in [-0.3, -0.25) is 19.2 Å². The van der Waals surface area contributed by atoms with Crippen LogP contribution in [0.3, 0.4) is 0 Å². The van der Waals surface area contributed by atoms with Crippen LogP contribution in [0, 0.1) is 0 Å². The summed E-state index contributed by atoms with van der Waals surface area (Å²) in [6.07, 6.45) is 0.670. The van der Waals surface area contributed by atoms with Gasteiger partial charge < -0.3 is 11.1 Å². The number of carbonyl (C=O) groups excluding carboxylic acids is 2. The number of fused-ring (bicyclic) bond motifs is 1. The van der Waals surface area contributed by atoms with Crippen LogP contribution in [0.15, 0.2) is 89.8 Å². The lowest BCUT2D eigenvalue weighted by atomic mass is 10.0. The second kappa shape index (κ2) is 12.0. The molecule has 0 fully saturated rings. The summed E-state index contributed by atoms with van der Waals surface area (Å²) in [5.74, 6) is -0.982. The molecule has 4 aromatic rings. The molecule has 202 valence electrons. The van der Waals surface area contributed by atoms with Gasteiger partial charge in [-0.1, -0.05) is 48.5 Å². The third-order valence-electron chi connectivity index (χ3n) is 6.31. The van der Waals surface area contributed by atoms with Crippen LogP contribution in [0.5, 0.6) is 0 Å². The Balaban J connectivity index is 0.00000353. The van der Waals surface area contributed by atoms with Crippen LogP contribution < -0.4 is 15.8 Å². The van der Waals surface area contributed by atoms with Gasteiger partial charge in [0, 0.05) is 35.8 Å². The first-order valence-electron chi connectivity index (χ1n) is 12.0. The van der Waals surface area contributed by atoms with E-state index in [-0.39, 0.29) is 17.3 Å². The van der Waals surface area contributed by atoms with Gasteiger partial charge in [-0.25, -0.2) is 8.42 Å². The van der Waals surface area contributed by atoms with Crippen LogP contribution in [0.1, 0.15) is 36.7 Å². The van der Waals surface area contributed by atoms with E-state index >= 15 is 0 Å². The normalized spacial score (nSPS) is 13.1. The van der Waals surface area contributed by atoms with Gasteiger partial charge in [0.1, 0.15) is 5.00 Å². The van der Waals surface area contributed by atoms with Gasteiger partial charge in [-0.05, 0) is 53.9 Å². The first-order chi connectivity index (χ1) is 18.3. The highest BCUT2D eigenvalue weighted by Gasteiger charge is 2.28. The Morgan fingerprint density at radius 1 is 0.923 bits per heavy atom. The number of hydrogen-bond acceptors (Lipinski definition) is 6. The quantitative estimate of drug-likeness (QED) is 0.273. The predicted octanol–water partition coefficient (Wildman–Crippen LogP) is 4.88. The minimum absolute atomic E-state index is 0. The largest absolute Gasteiger partial charge is 0.365 e. The van der Waals surface area contributed by atoms with Crippen LogP contribution in [0.4, 0.5) is 10.7 Å². The highest BCUT2D eigenvalue weighted by molar-refractivity contribution is 7.92. The van der Waals surface area contributed by atoms with Gasteiger partial charge in [-0.2, -0.15) is 0 Å². The van der Waals surface area contributed by atoms with Crippen molar-refractivity contribution in [3.05, 3.63) is 112 Å². The van der Waals surface area contributed by atoms with Crippen LogP contribution in [-0.2, 0) is 29.5 Å². The molecule has 8 nitrogen and oxygen atoms in total. The number of sulfonamides is 1. The molecule has 0 bridgehead atoms. The summed E-state index contributed by atoms with van der Waals surface area (Å²) in [5, 5.41) is 3.28. The molecule has 0 aliphatic carbocycles. The van der Waals surface area contributed by atoms with E-state index in [4.69, 9.17) is 5.73 Å². The van der Waals surface area contributed by atoms with Crippen molar-refractivity contribution >= 4 is 56.3 Å². The van der Waals surface area contributed by atoms with E-state index in [0.29, 0.717) is 34.8 Å². The molecule has 5 rings (SSSR count). The molecule has 0 radical (unpaired) electrons. The molecule has 2 heterocycles. The maximum Gasteiger partial charge on any atom is 0.261 e. The molecule has 3 aromatic carbocycles. The summed E-state index contributed by atoms with van der Waals surface area (Å²) >= 11 is 1.37. The number of thiophene rings is 1. The van der Waals surface area contributed by atoms with Gasteiger partial charge in [0.15, 0.2) is 0 Å². The Labute approximate surface area is 237 Å². The van der Waals surface area contributed by atoms with E-state index in [1.807, 2.05) is 18.2 Å². The number of amides is 2. The fraction of sp³-hybridized carbons (Fsp3) is 0.143. The van der Waals surface area contributed by atoms with E-state index in [1.54, 1.807) is 18.2 Å². The van der Waals surface area contributed by atoms with Crippen LogP contribution in [-0.4, -0.2) is 31.7 Å². The fourth-order valence-corrected chi connectivity index (χ4v) is 6.83. The Bertz CT molecular complexity index is 1580. The number of carbonyl (C=O) groups is 2. The number of primary amides is 1. The zero-order valence-corrected chi connectivity index (χ0v) is 23.2. The maximum absolute atomic E-state index is 13.0. The minimum atomic E-state index is -3.74. The lowest BCUT2D eigenvalue weighted by molar-refractivity contribution is 0.0999. The molecule has 0 saturated heterocycles. The monoisotopic (exact) mass is 582 g/mol. The number of anilines is 2. The molecule has 1 aromatic heterocycles. The van der Waals surface area contributed by atoms with Crippen molar-refractivity contribution < 1.29 is 18.0 Å². The van der Waals surface area contributed by atoms with Crippen LogP contribution in [0.25, 0.3) is 0 Å². The number of nitrogens with zero attached hydrogens (tertiary/aromatic N) is 1. The van der Waals surface area contributed by atoms with Crippen molar-refractivity contribution in [1.29, 1.82) is 0 Å². The average molecular weight is 583 g/mol. The van der Waals surface area contributed by atoms with Crippen molar-refractivity contribution in [2.75, 3.05) is 16.6 Å². The van der Waals surface area contributed by atoms with Crippen LogP contribution in [0.2, 0.25) is 0 Å². The number of hydrogen-bond donors (Lipinski definition) is 3. The molecule has 2 amide bonds. The summed E-state index contributed by atoms with van der Waals surface area (Å²) in [7, 11) is -3.74. The number of nitrogens with one attached hydrogen (secondary N) is 2. The maximum atomic E-state index is 13.0. The first-order valence-corrected chi connectivity index (χ1v) is 14.3. The molecule has 11 heteroatoms. The second-order valence-corrected chi connectivity index (χ2v) is 11.8. The third kappa shape index (κ3) is 6.48. The minimum Gasteiger partial charge on any atom is -0.365 e. The SMILES string of the molecule is Cl.NC(=O)c1c(NC(=O)c2ccc(NS(=O)(=O)c3ccccc3)cc2)sc2c1CCN(Cc1ccccc1)C2. The molecule has 39 heavy (non-hydrogen) atoms. The summed E-state index contributed by atoms with van der Waals surface area (Å²) in [5.41, 5.74) is 8.84. The lowest BCUT2D eigenvalue weighted by Crippen LogP contribution is -2.30. The second-order valence-electron chi connectivity index (χ2n) is 8.97. The molecule has 0 saturated carbocycles. The Morgan fingerprint density at radius 3 is 2.21 bits per heavy atom. The summed E-state index contributed by atoms with van der Waals surface area (Å²) in [6, 6.07) is 24.3. The van der Waals surface area contributed by atoms with Crippen molar-refractivity contribution in [3.8, 4) is 0 Å². The third-order valence-corrected chi connectivity index (χ3v) is 8.84. The molecule has 0 unspecified atom stereocenters. The van der Waals surface area contributed by atoms with Crippen molar-refractivity contribution in [2.24, 2.45) is 5.73 Å². The summed E-state index contributed by atoms with van der Waals surface area (Å²) < 4.78 is 27.6. The highest BCUT2D eigenvalue weighted by Crippen LogP contribution is 2.37. The van der Waals surface area contributed by atoms with E-state index in [9.17, 15) is 18.0 Å². The van der Waals surface area contributed by atoms with Gasteiger partial charge >= 0.3 is 0 Å². The highest BCUT2D eigenvalue weighted by atomic mass is 35.5. The Kier molecular flexibility index (Phi) is 8.71. The Morgan fingerprint density at radius 2 is 1.56 bits per heavy atom. The standard InChI is InChI=1S/C28H26N4O4S2.ClH/c29-26(33)25-23-15-16-32(17-19-7-3-1-4-8-19)18-24(23)37-28(25)30-27(34)20-11-13-21(14-12-20)31-38(35,36)22-9-5-2-6-10-22;/h1-14,31H,15-18H2,(H2,29,33)(H,30,34);1H. The van der Waals surface area contributed by atoms with Gasteiger partial charge in [0.05, 0.1) is 10.5 Å². The zero-order chi connectivity index (χ0) is 26.7.